The molecule has 2 aliphatic rings. The van der Waals surface area contributed by atoms with Crippen molar-refractivity contribution in [1.29, 1.82) is 0 Å². The van der Waals surface area contributed by atoms with E-state index in [-0.39, 0.29) is 0 Å². The van der Waals surface area contributed by atoms with Crippen LogP contribution >= 0.6 is 0 Å². The SMILES string of the molecule is OC1CN(CCOCC2CC2)CC1O. The van der Waals surface area contributed by atoms with Gasteiger partial charge in [-0.25, -0.2) is 0 Å². The fourth-order valence-corrected chi connectivity index (χ4v) is 1.76. The largest absolute Gasteiger partial charge is 0.389 e. The standard InChI is InChI=1S/C10H19NO3/c12-9-5-11(6-10(9)13)3-4-14-7-8-1-2-8/h8-10,12-13H,1-7H2. The second-order valence-electron chi connectivity index (χ2n) is 4.41. The molecule has 1 aliphatic heterocycles. The Morgan fingerprint density at radius 3 is 2.36 bits per heavy atom. The molecule has 0 aromatic heterocycles. The topological polar surface area (TPSA) is 52.9 Å². The molecule has 0 radical (unpaired) electrons. The molecule has 14 heavy (non-hydrogen) atoms. The van der Waals surface area contributed by atoms with Gasteiger partial charge in [-0.1, -0.05) is 0 Å². The van der Waals surface area contributed by atoms with Gasteiger partial charge in [-0.3, -0.25) is 4.90 Å². The van der Waals surface area contributed by atoms with Crippen molar-refractivity contribution in [3.63, 3.8) is 0 Å². The molecule has 0 aromatic carbocycles. The summed E-state index contributed by atoms with van der Waals surface area (Å²) >= 11 is 0. The van der Waals surface area contributed by atoms with Gasteiger partial charge in [0.1, 0.15) is 0 Å². The maximum Gasteiger partial charge on any atom is 0.0938 e. The van der Waals surface area contributed by atoms with Crippen LogP contribution in [-0.4, -0.2) is 60.2 Å². The van der Waals surface area contributed by atoms with Gasteiger partial charge in [-0.15, -0.1) is 0 Å². The molecule has 2 fully saturated rings. The first kappa shape index (κ1) is 10.4. The van der Waals surface area contributed by atoms with Gasteiger partial charge in [0.05, 0.1) is 18.8 Å². The summed E-state index contributed by atoms with van der Waals surface area (Å²) in [4.78, 5) is 2.04. The van der Waals surface area contributed by atoms with Crippen LogP contribution in [0, 0.1) is 5.92 Å². The molecule has 2 unspecified atom stereocenters. The normalized spacial score (nSPS) is 33.9. The number of β-amino-alcohol motifs (C(OH)–C–C–N with tert-alkyl or cyclic N) is 2. The van der Waals surface area contributed by atoms with E-state index in [9.17, 15) is 10.2 Å². The van der Waals surface area contributed by atoms with Crippen molar-refractivity contribution in [2.75, 3.05) is 32.8 Å². The molecule has 82 valence electrons. The molecular formula is C10H19NO3. The Morgan fingerprint density at radius 2 is 1.79 bits per heavy atom. The molecule has 1 saturated heterocycles. The lowest BCUT2D eigenvalue weighted by molar-refractivity contribution is 0.0572. The van der Waals surface area contributed by atoms with Crippen molar-refractivity contribution in [3.05, 3.63) is 0 Å². The van der Waals surface area contributed by atoms with Gasteiger partial charge >= 0.3 is 0 Å². The zero-order chi connectivity index (χ0) is 9.97. The first-order chi connectivity index (χ1) is 6.75. The molecule has 1 saturated carbocycles. The van der Waals surface area contributed by atoms with Gasteiger partial charge in [-0.05, 0) is 18.8 Å². The molecule has 4 heteroatoms. The molecule has 4 nitrogen and oxygen atoms in total. The molecular weight excluding hydrogens is 182 g/mol. The van der Waals surface area contributed by atoms with Crippen molar-refractivity contribution in [1.82, 2.24) is 4.90 Å². The van der Waals surface area contributed by atoms with E-state index in [0.29, 0.717) is 13.1 Å². The minimum Gasteiger partial charge on any atom is -0.389 e. The van der Waals surface area contributed by atoms with Crippen LogP contribution in [0.4, 0.5) is 0 Å². The Kier molecular flexibility index (Phi) is 3.38. The average molecular weight is 201 g/mol. The Hall–Kier alpha value is -0.160. The van der Waals surface area contributed by atoms with Crippen molar-refractivity contribution in [3.8, 4) is 0 Å². The molecule has 0 amide bonds. The molecule has 2 atom stereocenters. The number of aliphatic hydroxyl groups excluding tert-OH is 2. The molecule has 2 N–H and O–H groups in total. The number of aliphatic hydroxyl groups is 2. The highest BCUT2D eigenvalue weighted by Crippen LogP contribution is 2.28. The molecule has 0 bridgehead atoms. The number of hydrogen-bond acceptors (Lipinski definition) is 4. The van der Waals surface area contributed by atoms with Gasteiger partial charge in [0.2, 0.25) is 0 Å². The zero-order valence-corrected chi connectivity index (χ0v) is 8.43. The van der Waals surface area contributed by atoms with Crippen LogP contribution in [-0.2, 0) is 4.74 Å². The van der Waals surface area contributed by atoms with E-state index in [4.69, 9.17) is 4.74 Å². The van der Waals surface area contributed by atoms with E-state index >= 15 is 0 Å². The first-order valence-electron chi connectivity index (χ1n) is 5.42. The maximum atomic E-state index is 9.29. The number of rotatable bonds is 5. The van der Waals surface area contributed by atoms with Gasteiger partial charge in [0.25, 0.3) is 0 Å². The summed E-state index contributed by atoms with van der Waals surface area (Å²) in [6, 6.07) is 0. The smallest absolute Gasteiger partial charge is 0.0938 e. The van der Waals surface area contributed by atoms with E-state index in [1.807, 2.05) is 4.90 Å². The summed E-state index contributed by atoms with van der Waals surface area (Å²) in [6.45, 7) is 3.58. The summed E-state index contributed by atoms with van der Waals surface area (Å²) in [7, 11) is 0. The van der Waals surface area contributed by atoms with E-state index in [2.05, 4.69) is 0 Å². The monoisotopic (exact) mass is 201 g/mol. The van der Waals surface area contributed by atoms with Crippen LogP contribution in [0.5, 0.6) is 0 Å². The number of hydrogen-bond donors (Lipinski definition) is 2. The summed E-state index contributed by atoms with van der Waals surface area (Å²) < 4.78 is 5.49. The summed E-state index contributed by atoms with van der Waals surface area (Å²) in [6.07, 6.45) is 1.50. The second kappa shape index (κ2) is 4.57. The van der Waals surface area contributed by atoms with Crippen LogP contribution in [0.2, 0.25) is 0 Å². The van der Waals surface area contributed by atoms with Crippen LogP contribution in [0.25, 0.3) is 0 Å². The lowest BCUT2D eigenvalue weighted by atomic mass is 10.3. The Labute approximate surface area is 84.5 Å². The fraction of sp³-hybridized carbons (Fsp3) is 1.00. The minimum absolute atomic E-state index is 0.571. The maximum absolute atomic E-state index is 9.29. The van der Waals surface area contributed by atoms with E-state index < -0.39 is 12.2 Å². The summed E-state index contributed by atoms with van der Waals surface area (Å²) in [5, 5.41) is 18.6. The summed E-state index contributed by atoms with van der Waals surface area (Å²) in [5.41, 5.74) is 0. The van der Waals surface area contributed by atoms with E-state index in [0.717, 1.165) is 25.7 Å². The van der Waals surface area contributed by atoms with Gasteiger partial charge in [-0.2, -0.15) is 0 Å². The van der Waals surface area contributed by atoms with Gasteiger partial charge < -0.3 is 14.9 Å². The highest BCUT2D eigenvalue weighted by molar-refractivity contribution is 4.82. The van der Waals surface area contributed by atoms with Crippen LogP contribution in [0.15, 0.2) is 0 Å². The third kappa shape index (κ3) is 2.92. The van der Waals surface area contributed by atoms with Gasteiger partial charge in [0.15, 0.2) is 0 Å². The third-order valence-electron chi connectivity index (χ3n) is 2.94. The lowest BCUT2D eigenvalue weighted by Crippen LogP contribution is -2.26. The Bertz CT molecular complexity index is 174. The highest BCUT2D eigenvalue weighted by Gasteiger charge is 2.29. The third-order valence-corrected chi connectivity index (χ3v) is 2.94. The van der Waals surface area contributed by atoms with Crippen molar-refractivity contribution in [2.45, 2.75) is 25.0 Å². The first-order valence-corrected chi connectivity index (χ1v) is 5.42. The number of nitrogens with zero attached hydrogens (tertiary/aromatic N) is 1. The number of ether oxygens (including phenoxy) is 1. The van der Waals surface area contributed by atoms with Crippen LogP contribution in [0.3, 0.4) is 0 Å². The molecule has 1 heterocycles. The van der Waals surface area contributed by atoms with E-state index in [1.165, 1.54) is 12.8 Å². The Morgan fingerprint density at radius 1 is 1.14 bits per heavy atom. The van der Waals surface area contributed by atoms with Crippen LogP contribution in [0.1, 0.15) is 12.8 Å². The predicted molar refractivity (Wildman–Crippen MR) is 52.0 cm³/mol. The Balaban J connectivity index is 1.52. The molecule has 2 rings (SSSR count). The quantitative estimate of drug-likeness (QED) is 0.586. The molecule has 0 aromatic rings. The average Bonchev–Trinajstić information content (AvgIpc) is 2.90. The van der Waals surface area contributed by atoms with Crippen molar-refractivity contribution in [2.24, 2.45) is 5.92 Å². The predicted octanol–water partition coefficient (Wildman–Crippen LogP) is -0.550. The van der Waals surface area contributed by atoms with Crippen molar-refractivity contribution >= 4 is 0 Å². The van der Waals surface area contributed by atoms with Gasteiger partial charge in [0, 0.05) is 26.2 Å². The summed E-state index contributed by atoms with van der Waals surface area (Å²) in [5.74, 6) is 0.810. The van der Waals surface area contributed by atoms with Crippen molar-refractivity contribution < 1.29 is 14.9 Å². The minimum atomic E-state index is -0.571. The zero-order valence-electron chi connectivity index (χ0n) is 8.43. The molecule has 0 spiro atoms. The van der Waals surface area contributed by atoms with Crippen LogP contribution < -0.4 is 0 Å². The molecule has 1 aliphatic carbocycles. The second-order valence-corrected chi connectivity index (χ2v) is 4.41. The lowest BCUT2D eigenvalue weighted by Gasteiger charge is -2.14. The fourth-order valence-electron chi connectivity index (χ4n) is 1.76. The van der Waals surface area contributed by atoms with E-state index in [1.54, 1.807) is 0 Å². The highest BCUT2D eigenvalue weighted by atomic mass is 16.5. The number of likely N-dealkylation sites (tertiary alicyclic amines) is 1.